The van der Waals surface area contributed by atoms with Gasteiger partial charge in [-0.25, -0.2) is 0 Å². The molecule has 0 amide bonds. The highest BCUT2D eigenvalue weighted by Crippen LogP contribution is 2.30. The fourth-order valence-electron chi connectivity index (χ4n) is 3.27. The van der Waals surface area contributed by atoms with Gasteiger partial charge in [0.1, 0.15) is 7.05 Å². The largest absolute Gasteiger partial charge is 0.252 e. The van der Waals surface area contributed by atoms with Crippen LogP contribution < -0.4 is 4.57 Å². The van der Waals surface area contributed by atoms with Crippen molar-refractivity contribution in [1.29, 1.82) is 0 Å². The SMILES string of the molecule is Cc1ccc(-c2cccc(-c3ccccc3)c2)cc1-c1cncc[n+]1C. The maximum absolute atomic E-state index is 4.30. The normalized spacial score (nSPS) is 10.7. The van der Waals surface area contributed by atoms with Gasteiger partial charge in [0.2, 0.25) is 5.69 Å². The highest BCUT2D eigenvalue weighted by Gasteiger charge is 2.13. The molecule has 0 aliphatic heterocycles. The smallest absolute Gasteiger partial charge is 0.231 e. The van der Waals surface area contributed by atoms with Gasteiger partial charge in [-0.2, -0.15) is 4.57 Å². The van der Waals surface area contributed by atoms with E-state index in [1.165, 1.54) is 33.4 Å². The number of aromatic nitrogens is 2. The van der Waals surface area contributed by atoms with Crippen molar-refractivity contribution in [3.05, 3.63) is 97.0 Å². The van der Waals surface area contributed by atoms with E-state index in [1.807, 2.05) is 24.7 Å². The van der Waals surface area contributed by atoms with Crippen molar-refractivity contribution in [1.82, 2.24) is 4.98 Å². The molecule has 1 aromatic heterocycles. The Bertz CT molecular complexity index is 1050. The molecular formula is C24H21N2+. The van der Waals surface area contributed by atoms with Crippen molar-refractivity contribution >= 4 is 0 Å². The van der Waals surface area contributed by atoms with E-state index >= 15 is 0 Å². The third-order valence-corrected chi connectivity index (χ3v) is 4.77. The molecule has 4 aromatic rings. The molecule has 0 aliphatic carbocycles. The van der Waals surface area contributed by atoms with Crippen molar-refractivity contribution < 1.29 is 4.57 Å². The summed E-state index contributed by atoms with van der Waals surface area (Å²) in [5, 5.41) is 0. The van der Waals surface area contributed by atoms with Crippen LogP contribution in [0, 0.1) is 6.92 Å². The average Bonchev–Trinajstić information content (AvgIpc) is 2.70. The van der Waals surface area contributed by atoms with Crippen LogP contribution in [0.2, 0.25) is 0 Å². The zero-order valence-corrected chi connectivity index (χ0v) is 15.1. The Balaban J connectivity index is 1.80. The summed E-state index contributed by atoms with van der Waals surface area (Å²) >= 11 is 0. The van der Waals surface area contributed by atoms with E-state index in [0.717, 1.165) is 5.69 Å². The monoisotopic (exact) mass is 337 g/mol. The summed E-state index contributed by atoms with van der Waals surface area (Å²) in [6.07, 6.45) is 5.72. The van der Waals surface area contributed by atoms with E-state index in [2.05, 4.69) is 90.3 Å². The summed E-state index contributed by atoms with van der Waals surface area (Å²) in [5.74, 6) is 0. The number of hydrogen-bond acceptors (Lipinski definition) is 1. The van der Waals surface area contributed by atoms with Crippen molar-refractivity contribution in [2.75, 3.05) is 0 Å². The predicted molar refractivity (Wildman–Crippen MR) is 106 cm³/mol. The van der Waals surface area contributed by atoms with Crippen molar-refractivity contribution in [2.24, 2.45) is 7.05 Å². The van der Waals surface area contributed by atoms with Crippen LogP contribution in [-0.4, -0.2) is 4.98 Å². The predicted octanol–water partition coefficient (Wildman–Crippen LogP) is 5.22. The van der Waals surface area contributed by atoms with Crippen LogP contribution in [0.4, 0.5) is 0 Å². The lowest BCUT2D eigenvalue weighted by atomic mass is 9.95. The molecule has 4 rings (SSSR count). The van der Waals surface area contributed by atoms with Crippen LogP contribution in [-0.2, 0) is 7.05 Å². The summed E-state index contributed by atoms with van der Waals surface area (Å²) < 4.78 is 2.11. The first-order valence-electron chi connectivity index (χ1n) is 8.79. The third-order valence-electron chi connectivity index (χ3n) is 4.77. The second-order valence-corrected chi connectivity index (χ2v) is 6.55. The molecule has 3 aromatic carbocycles. The second-order valence-electron chi connectivity index (χ2n) is 6.55. The number of benzene rings is 3. The average molecular weight is 337 g/mol. The van der Waals surface area contributed by atoms with Gasteiger partial charge in [0, 0.05) is 0 Å². The van der Waals surface area contributed by atoms with E-state index in [4.69, 9.17) is 0 Å². The Morgan fingerprint density at radius 2 is 1.42 bits per heavy atom. The molecule has 0 atom stereocenters. The fourth-order valence-corrected chi connectivity index (χ4v) is 3.27. The highest BCUT2D eigenvalue weighted by molar-refractivity contribution is 5.76. The molecule has 0 radical (unpaired) electrons. The summed E-state index contributed by atoms with van der Waals surface area (Å²) in [6.45, 7) is 2.15. The molecule has 0 saturated heterocycles. The van der Waals surface area contributed by atoms with Crippen LogP contribution >= 0.6 is 0 Å². The standard InChI is InChI=1S/C24H21N2/c1-18-11-12-22(16-23(18)24-17-25-13-14-26(24)2)21-10-6-9-20(15-21)19-7-4-3-5-8-19/h3-17H,1-2H3/q+1. The van der Waals surface area contributed by atoms with Gasteiger partial charge in [0.15, 0.2) is 6.20 Å². The number of nitrogens with zero attached hydrogens (tertiary/aromatic N) is 2. The van der Waals surface area contributed by atoms with Crippen molar-refractivity contribution in [3.63, 3.8) is 0 Å². The Kier molecular flexibility index (Phi) is 4.32. The molecule has 26 heavy (non-hydrogen) atoms. The second kappa shape index (κ2) is 6.93. The molecule has 126 valence electrons. The molecule has 0 saturated carbocycles. The first-order chi connectivity index (χ1) is 12.7. The lowest BCUT2D eigenvalue weighted by Crippen LogP contribution is -2.30. The topological polar surface area (TPSA) is 16.8 Å². The zero-order valence-electron chi connectivity index (χ0n) is 15.1. The van der Waals surface area contributed by atoms with Gasteiger partial charge in [0.25, 0.3) is 0 Å². The molecule has 2 nitrogen and oxygen atoms in total. The molecule has 2 heteroatoms. The molecule has 0 bridgehead atoms. The van der Waals surface area contributed by atoms with Gasteiger partial charge in [-0.15, -0.1) is 0 Å². The first-order valence-corrected chi connectivity index (χ1v) is 8.79. The fraction of sp³-hybridized carbons (Fsp3) is 0.0833. The molecule has 1 heterocycles. The van der Waals surface area contributed by atoms with Crippen LogP contribution in [0.15, 0.2) is 91.4 Å². The molecular weight excluding hydrogens is 316 g/mol. The van der Waals surface area contributed by atoms with Crippen LogP contribution in [0.3, 0.4) is 0 Å². The quantitative estimate of drug-likeness (QED) is 0.469. The lowest BCUT2D eigenvalue weighted by molar-refractivity contribution is -0.660. The minimum absolute atomic E-state index is 1.12. The van der Waals surface area contributed by atoms with Crippen LogP contribution in [0.25, 0.3) is 33.5 Å². The van der Waals surface area contributed by atoms with Crippen LogP contribution in [0.5, 0.6) is 0 Å². The Labute approximate surface area is 154 Å². The molecule has 0 fully saturated rings. The first kappa shape index (κ1) is 16.2. The summed E-state index contributed by atoms with van der Waals surface area (Å²) in [6, 6.07) is 25.9. The van der Waals surface area contributed by atoms with Gasteiger partial charge in [0.05, 0.1) is 18.0 Å². The molecule has 0 spiro atoms. The number of aryl methyl sites for hydroxylation is 2. The van der Waals surface area contributed by atoms with Gasteiger partial charge < -0.3 is 0 Å². The molecule has 0 unspecified atom stereocenters. The van der Waals surface area contributed by atoms with E-state index in [1.54, 1.807) is 0 Å². The zero-order chi connectivity index (χ0) is 17.9. The van der Waals surface area contributed by atoms with E-state index in [9.17, 15) is 0 Å². The number of hydrogen-bond donors (Lipinski definition) is 0. The minimum Gasteiger partial charge on any atom is -0.252 e. The maximum atomic E-state index is 4.30. The Hall–Kier alpha value is -3.26. The third kappa shape index (κ3) is 3.14. The molecule has 0 aliphatic rings. The van der Waals surface area contributed by atoms with Gasteiger partial charge >= 0.3 is 0 Å². The van der Waals surface area contributed by atoms with Crippen molar-refractivity contribution in [3.8, 4) is 33.5 Å². The summed E-state index contributed by atoms with van der Waals surface area (Å²) in [7, 11) is 2.05. The lowest BCUT2D eigenvalue weighted by Gasteiger charge is -2.09. The van der Waals surface area contributed by atoms with E-state index < -0.39 is 0 Å². The Morgan fingerprint density at radius 3 is 2.19 bits per heavy atom. The van der Waals surface area contributed by atoms with Gasteiger partial charge in [-0.1, -0.05) is 60.7 Å². The van der Waals surface area contributed by atoms with E-state index in [-0.39, 0.29) is 0 Å². The van der Waals surface area contributed by atoms with Crippen molar-refractivity contribution in [2.45, 2.75) is 6.92 Å². The molecule has 0 N–H and O–H groups in total. The van der Waals surface area contributed by atoms with E-state index in [0.29, 0.717) is 0 Å². The maximum Gasteiger partial charge on any atom is 0.231 e. The summed E-state index contributed by atoms with van der Waals surface area (Å²) in [5.41, 5.74) is 8.48. The van der Waals surface area contributed by atoms with Gasteiger partial charge in [-0.05, 0) is 46.9 Å². The van der Waals surface area contributed by atoms with Crippen LogP contribution in [0.1, 0.15) is 5.56 Å². The number of rotatable bonds is 3. The Morgan fingerprint density at radius 1 is 0.731 bits per heavy atom. The minimum atomic E-state index is 1.12. The highest BCUT2D eigenvalue weighted by atomic mass is 14.9. The van der Waals surface area contributed by atoms with Gasteiger partial charge in [-0.3, -0.25) is 4.98 Å². The summed E-state index contributed by atoms with van der Waals surface area (Å²) in [4.78, 5) is 4.30.